The highest BCUT2D eigenvalue weighted by atomic mass is 32.1. The molecule has 0 saturated carbocycles. The highest BCUT2D eigenvalue weighted by molar-refractivity contribution is 7.13. The van der Waals surface area contributed by atoms with Gasteiger partial charge in [-0.1, -0.05) is 6.42 Å². The Morgan fingerprint density at radius 3 is 2.96 bits per heavy atom. The average molecular weight is 344 g/mol. The van der Waals surface area contributed by atoms with Crippen molar-refractivity contribution >= 4 is 17.2 Å². The molecule has 1 aliphatic heterocycles. The van der Waals surface area contributed by atoms with Crippen molar-refractivity contribution in [2.75, 3.05) is 26.2 Å². The molecule has 1 fully saturated rings. The molecule has 3 rings (SSSR count). The Balaban J connectivity index is 1.38. The van der Waals surface area contributed by atoms with Crippen LogP contribution in [0.15, 0.2) is 29.9 Å². The summed E-state index contributed by atoms with van der Waals surface area (Å²) in [7, 11) is 0. The van der Waals surface area contributed by atoms with E-state index in [4.69, 9.17) is 0 Å². The van der Waals surface area contributed by atoms with Crippen molar-refractivity contribution in [3.63, 3.8) is 0 Å². The van der Waals surface area contributed by atoms with Gasteiger partial charge in [0, 0.05) is 29.9 Å². The minimum atomic E-state index is 0.0525. The van der Waals surface area contributed by atoms with E-state index in [0.717, 1.165) is 35.8 Å². The van der Waals surface area contributed by atoms with Gasteiger partial charge in [0.1, 0.15) is 5.01 Å². The van der Waals surface area contributed by atoms with Crippen LogP contribution in [0.5, 0.6) is 0 Å². The molecule has 6 heteroatoms. The van der Waals surface area contributed by atoms with Gasteiger partial charge in [-0.3, -0.25) is 9.78 Å². The molecular formula is C18H24N4OS. The number of amides is 1. The molecule has 2 aromatic heterocycles. The number of piperidine rings is 1. The van der Waals surface area contributed by atoms with E-state index in [1.165, 1.54) is 32.4 Å². The van der Waals surface area contributed by atoms with E-state index in [2.05, 4.69) is 20.2 Å². The summed E-state index contributed by atoms with van der Waals surface area (Å²) in [5.74, 6) is 0.0525. The van der Waals surface area contributed by atoms with E-state index >= 15 is 0 Å². The van der Waals surface area contributed by atoms with Crippen molar-refractivity contribution < 1.29 is 4.79 Å². The van der Waals surface area contributed by atoms with Gasteiger partial charge >= 0.3 is 0 Å². The second kappa shape index (κ2) is 8.89. The fourth-order valence-electron chi connectivity index (χ4n) is 2.95. The summed E-state index contributed by atoms with van der Waals surface area (Å²) in [6.07, 6.45) is 8.90. The Morgan fingerprint density at radius 2 is 2.17 bits per heavy atom. The standard InChI is InChI=1S/C18H24N4OS/c23-17(20-8-5-11-22-9-2-1-3-10-22)12-16-14-24-18(21-16)15-6-4-7-19-13-15/h4,6-7,13-14H,1-3,5,8-12H2,(H,20,23). The molecule has 5 nitrogen and oxygen atoms in total. The number of pyridine rings is 1. The minimum absolute atomic E-state index is 0.0525. The van der Waals surface area contributed by atoms with E-state index < -0.39 is 0 Å². The lowest BCUT2D eigenvalue weighted by Crippen LogP contribution is -2.33. The number of nitrogens with one attached hydrogen (secondary N) is 1. The fourth-order valence-corrected chi connectivity index (χ4v) is 3.76. The molecule has 24 heavy (non-hydrogen) atoms. The largest absolute Gasteiger partial charge is 0.356 e. The van der Waals surface area contributed by atoms with Gasteiger partial charge in [0.05, 0.1) is 12.1 Å². The Labute approximate surface area is 147 Å². The SMILES string of the molecule is O=C(Cc1csc(-c2cccnc2)n1)NCCCN1CCCCC1. The molecule has 1 aliphatic rings. The van der Waals surface area contributed by atoms with Crippen molar-refractivity contribution in [3.05, 3.63) is 35.6 Å². The van der Waals surface area contributed by atoms with Crippen molar-refractivity contribution in [2.24, 2.45) is 0 Å². The zero-order valence-corrected chi connectivity index (χ0v) is 14.7. The zero-order valence-electron chi connectivity index (χ0n) is 13.9. The maximum Gasteiger partial charge on any atom is 0.226 e. The molecule has 0 aliphatic carbocycles. The highest BCUT2D eigenvalue weighted by Crippen LogP contribution is 2.22. The monoisotopic (exact) mass is 344 g/mol. The average Bonchev–Trinajstić information content (AvgIpc) is 3.09. The van der Waals surface area contributed by atoms with Crippen LogP contribution >= 0.6 is 11.3 Å². The molecule has 0 radical (unpaired) electrons. The quantitative estimate of drug-likeness (QED) is 0.785. The van der Waals surface area contributed by atoms with Gasteiger partial charge in [-0.2, -0.15) is 0 Å². The molecular weight excluding hydrogens is 320 g/mol. The first kappa shape index (κ1) is 17.0. The van der Waals surface area contributed by atoms with E-state index in [0.29, 0.717) is 6.42 Å². The second-order valence-electron chi connectivity index (χ2n) is 6.17. The van der Waals surface area contributed by atoms with Crippen LogP contribution < -0.4 is 5.32 Å². The number of hydrogen-bond donors (Lipinski definition) is 1. The lowest BCUT2D eigenvalue weighted by atomic mass is 10.1. The predicted octanol–water partition coefficient (Wildman–Crippen LogP) is 2.74. The predicted molar refractivity (Wildman–Crippen MR) is 97.0 cm³/mol. The number of rotatable bonds is 7. The van der Waals surface area contributed by atoms with Gasteiger partial charge in [-0.15, -0.1) is 11.3 Å². The number of carbonyl (C=O) groups excluding carboxylic acids is 1. The molecule has 1 amide bonds. The second-order valence-corrected chi connectivity index (χ2v) is 7.03. The van der Waals surface area contributed by atoms with Crippen LogP contribution in [0.1, 0.15) is 31.4 Å². The number of nitrogens with zero attached hydrogens (tertiary/aromatic N) is 3. The summed E-state index contributed by atoms with van der Waals surface area (Å²) in [6.45, 7) is 4.25. The van der Waals surface area contributed by atoms with Crippen molar-refractivity contribution in [2.45, 2.75) is 32.1 Å². The van der Waals surface area contributed by atoms with E-state index in [-0.39, 0.29) is 5.91 Å². The van der Waals surface area contributed by atoms with Crippen LogP contribution in [0.4, 0.5) is 0 Å². The first-order valence-electron chi connectivity index (χ1n) is 8.65. The first-order valence-corrected chi connectivity index (χ1v) is 9.53. The van der Waals surface area contributed by atoms with Gasteiger partial charge in [-0.05, 0) is 51.0 Å². The lowest BCUT2D eigenvalue weighted by Gasteiger charge is -2.26. The van der Waals surface area contributed by atoms with E-state index in [1.54, 1.807) is 23.7 Å². The number of likely N-dealkylation sites (tertiary alicyclic amines) is 1. The Hall–Kier alpha value is -1.79. The van der Waals surface area contributed by atoms with Crippen LogP contribution in [0.3, 0.4) is 0 Å². The molecule has 2 aromatic rings. The number of hydrogen-bond acceptors (Lipinski definition) is 5. The zero-order chi connectivity index (χ0) is 16.6. The molecule has 1 N–H and O–H groups in total. The molecule has 3 heterocycles. The first-order chi connectivity index (χ1) is 11.8. The summed E-state index contributed by atoms with van der Waals surface area (Å²) >= 11 is 1.55. The van der Waals surface area contributed by atoms with Crippen LogP contribution in [-0.4, -0.2) is 47.0 Å². The molecule has 0 atom stereocenters. The summed E-state index contributed by atoms with van der Waals surface area (Å²) in [5, 5.41) is 5.87. The minimum Gasteiger partial charge on any atom is -0.356 e. The third-order valence-corrected chi connectivity index (χ3v) is 5.16. The molecule has 0 unspecified atom stereocenters. The summed E-state index contributed by atoms with van der Waals surface area (Å²) in [5.41, 5.74) is 1.82. The number of aromatic nitrogens is 2. The Kier molecular flexibility index (Phi) is 6.32. The van der Waals surface area contributed by atoms with Gasteiger partial charge < -0.3 is 10.2 Å². The molecule has 1 saturated heterocycles. The normalized spacial score (nSPS) is 15.3. The van der Waals surface area contributed by atoms with Crippen LogP contribution in [0.2, 0.25) is 0 Å². The summed E-state index contributed by atoms with van der Waals surface area (Å²) in [4.78, 5) is 23.2. The molecule has 0 spiro atoms. The van der Waals surface area contributed by atoms with Crippen molar-refractivity contribution in [1.82, 2.24) is 20.2 Å². The molecule has 0 bridgehead atoms. The molecule has 128 valence electrons. The van der Waals surface area contributed by atoms with Crippen molar-refractivity contribution in [3.8, 4) is 10.6 Å². The maximum absolute atomic E-state index is 12.0. The van der Waals surface area contributed by atoms with Crippen LogP contribution in [-0.2, 0) is 11.2 Å². The number of carbonyl (C=O) groups is 1. The highest BCUT2D eigenvalue weighted by Gasteiger charge is 2.11. The third kappa shape index (κ3) is 5.11. The summed E-state index contributed by atoms with van der Waals surface area (Å²) in [6, 6.07) is 3.88. The topological polar surface area (TPSA) is 58.1 Å². The van der Waals surface area contributed by atoms with Gasteiger partial charge in [0.25, 0.3) is 0 Å². The Bertz CT molecular complexity index is 637. The lowest BCUT2D eigenvalue weighted by molar-refractivity contribution is -0.120. The Morgan fingerprint density at radius 1 is 1.29 bits per heavy atom. The smallest absolute Gasteiger partial charge is 0.226 e. The third-order valence-electron chi connectivity index (χ3n) is 4.22. The number of thiazole rings is 1. The maximum atomic E-state index is 12.0. The van der Waals surface area contributed by atoms with E-state index in [1.807, 2.05) is 17.5 Å². The van der Waals surface area contributed by atoms with Crippen LogP contribution in [0, 0.1) is 0 Å². The fraction of sp³-hybridized carbons (Fsp3) is 0.500. The molecule has 0 aromatic carbocycles. The van der Waals surface area contributed by atoms with Crippen molar-refractivity contribution in [1.29, 1.82) is 0 Å². The van der Waals surface area contributed by atoms with Crippen LogP contribution in [0.25, 0.3) is 10.6 Å². The van der Waals surface area contributed by atoms with Gasteiger partial charge in [-0.25, -0.2) is 4.98 Å². The van der Waals surface area contributed by atoms with Gasteiger partial charge in [0.2, 0.25) is 5.91 Å². The van der Waals surface area contributed by atoms with E-state index in [9.17, 15) is 4.79 Å². The summed E-state index contributed by atoms with van der Waals surface area (Å²) < 4.78 is 0. The van der Waals surface area contributed by atoms with Gasteiger partial charge in [0.15, 0.2) is 0 Å².